The Morgan fingerprint density at radius 2 is 2.00 bits per heavy atom. The predicted octanol–water partition coefficient (Wildman–Crippen LogP) is 0.670. The third-order valence-corrected chi connectivity index (χ3v) is 4.01. The van der Waals surface area contributed by atoms with Crippen molar-refractivity contribution in [1.29, 1.82) is 0 Å². The largest absolute Gasteiger partial charge is 0.435 e. The Hall–Kier alpha value is 0.0569. The minimum atomic E-state index is -1.37. The van der Waals surface area contributed by atoms with E-state index in [9.17, 15) is 4.80 Å². The van der Waals surface area contributed by atoms with Crippen molar-refractivity contribution in [2.75, 3.05) is 45.9 Å². The third kappa shape index (κ3) is 12.3. The molecule has 0 aliphatic rings. The van der Waals surface area contributed by atoms with E-state index in [1.54, 1.807) is 0 Å². The Balaban J connectivity index is 3.30. The maximum atomic E-state index is 9.22. The first kappa shape index (κ1) is 17.1. The van der Waals surface area contributed by atoms with Crippen molar-refractivity contribution in [1.82, 2.24) is 10.2 Å². The van der Waals surface area contributed by atoms with E-state index in [0.717, 1.165) is 58.4 Å². The van der Waals surface area contributed by atoms with Gasteiger partial charge in [-0.15, -0.1) is 0 Å². The summed E-state index contributed by atoms with van der Waals surface area (Å²) in [5.41, 5.74) is 0. The van der Waals surface area contributed by atoms with Gasteiger partial charge in [-0.1, -0.05) is 13.8 Å². The van der Waals surface area contributed by atoms with Gasteiger partial charge in [-0.25, -0.2) is 0 Å². The third-order valence-electron chi connectivity index (χ3n) is 2.76. The fraction of sp³-hybridized carbons (Fsp3) is 1.00. The quantitative estimate of drug-likeness (QED) is 0.401. The Morgan fingerprint density at radius 1 is 1.24 bits per heavy atom. The maximum absolute atomic E-state index is 9.22. The number of nitrogens with one attached hydrogen (secondary N) is 1. The lowest BCUT2D eigenvalue weighted by Crippen LogP contribution is -2.34. The molecule has 0 aromatic heterocycles. The van der Waals surface area contributed by atoms with Crippen LogP contribution in [0.1, 0.15) is 20.3 Å². The molecule has 0 aromatic carbocycles. The molecule has 104 valence electrons. The molecular formula is C12H30N2O2Si. The van der Waals surface area contributed by atoms with Gasteiger partial charge >= 0.3 is 0 Å². The van der Waals surface area contributed by atoms with Crippen LogP contribution in [-0.2, 0) is 4.74 Å². The van der Waals surface area contributed by atoms with Crippen LogP contribution in [0.5, 0.6) is 0 Å². The zero-order chi connectivity index (χ0) is 12.9. The van der Waals surface area contributed by atoms with Gasteiger partial charge in [0, 0.05) is 26.2 Å². The molecule has 4 nitrogen and oxygen atoms in total. The summed E-state index contributed by atoms with van der Waals surface area (Å²) in [7, 11) is -1.37. The van der Waals surface area contributed by atoms with E-state index in [4.69, 9.17) is 4.74 Å². The first-order valence-electron chi connectivity index (χ1n) is 6.89. The van der Waals surface area contributed by atoms with Crippen molar-refractivity contribution in [3.63, 3.8) is 0 Å². The van der Waals surface area contributed by atoms with Crippen LogP contribution in [0.15, 0.2) is 0 Å². The van der Waals surface area contributed by atoms with Gasteiger partial charge in [0.25, 0.3) is 0 Å². The van der Waals surface area contributed by atoms with E-state index in [-0.39, 0.29) is 0 Å². The van der Waals surface area contributed by atoms with E-state index in [0.29, 0.717) is 0 Å². The van der Waals surface area contributed by atoms with Gasteiger partial charge in [0.05, 0.1) is 6.61 Å². The zero-order valence-corrected chi connectivity index (χ0v) is 12.9. The molecule has 0 saturated carbocycles. The summed E-state index contributed by atoms with van der Waals surface area (Å²) in [5, 5.41) is 3.33. The zero-order valence-electron chi connectivity index (χ0n) is 11.7. The average molecular weight is 262 g/mol. The summed E-state index contributed by atoms with van der Waals surface area (Å²) < 4.78 is 5.57. The summed E-state index contributed by atoms with van der Waals surface area (Å²) in [6.45, 7) is 13.1. The second kappa shape index (κ2) is 12.5. The molecule has 0 rings (SSSR count). The summed E-state index contributed by atoms with van der Waals surface area (Å²) >= 11 is 0. The van der Waals surface area contributed by atoms with Crippen LogP contribution in [0.2, 0.25) is 12.6 Å². The van der Waals surface area contributed by atoms with Crippen LogP contribution in [0.3, 0.4) is 0 Å². The van der Waals surface area contributed by atoms with E-state index < -0.39 is 9.04 Å². The van der Waals surface area contributed by atoms with Crippen LogP contribution in [0, 0.1) is 0 Å². The Morgan fingerprint density at radius 3 is 2.59 bits per heavy atom. The highest BCUT2D eigenvalue weighted by atomic mass is 28.3. The van der Waals surface area contributed by atoms with Crippen molar-refractivity contribution < 1.29 is 9.53 Å². The number of likely N-dealkylation sites (N-methyl/N-ethyl adjacent to an activating group) is 2. The van der Waals surface area contributed by atoms with Gasteiger partial charge in [-0.2, -0.15) is 0 Å². The van der Waals surface area contributed by atoms with Crippen LogP contribution in [0.25, 0.3) is 0 Å². The van der Waals surface area contributed by atoms with Gasteiger partial charge in [0.1, 0.15) is 0 Å². The van der Waals surface area contributed by atoms with Gasteiger partial charge in [-0.3, -0.25) is 0 Å². The molecule has 17 heavy (non-hydrogen) atoms. The molecule has 0 aromatic rings. The smallest absolute Gasteiger partial charge is 0.169 e. The summed E-state index contributed by atoms with van der Waals surface area (Å²) in [6.07, 6.45) is 1.01. The highest BCUT2D eigenvalue weighted by molar-refractivity contribution is 6.48. The molecule has 0 radical (unpaired) electrons. The molecule has 0 bridgehead atoms. The van der Waals surface area contributed by atoms with Crippen LogP contribution >= 0.6 is 0 Å². The van der Waals surface area contributed by atoms with Crippen LogP contribution in [0.4, 0.5) is 0 Å². The van der Waals surface area contributed by atoms with Crippen molar-refractivity contribution in [2.45, 2.75) is 32.9 Å². The fourth-order valence-electron chi connectivity index (χ4n) is 1.62. The minimum absolute atomic E-state index is 0.794. The summed E-state index contributed by atoms with van der Waals surface area (Å²) in [4.78, 5) is 11.6. The fourth-order valence-corrected chi connectivity index (χ4v) is 2.38. The van der Waals surface area contributed by atoms with Crippen molar-refractivity contribution in [3.05, 3.63) is 0 Å². The molecule has 0 aliphatic heterocycles. The lowest BCUT2D eigenvalue weighted by atomic mass is 10.4. The van der Waals surface area contributed by atoms with Gasteiger partial charge in [-0.05, 0) is 32.1 Å². The molecule has 0 fully saturated rings. The van der Waals surface area contributed by atoms with Crippen molar-refractivity contribution >= 4 is 9.04 Å². The summed E-state index contributed by atoms with van der Waals surface area (Å²) in [5.74, 6) is 0. The molecule has 0 saturated heterocycles. The number of nitrogens with zero attached hydrogens (tertiary/aromatic N) is 1. The second-order valence-corrected chi connectivity index (χ2v) is 6.67. The standard InChI is InChI=1S/C12H30N2O2Si/c1-4-13-7-8-14(5-2)9-11-16-10-6-12-17(3)15/h13,15,17H,4-12H2,1-3H3. The topological polar surface area (TPSA) is 44.7 Å². The number of hydrogen-bond donors (Lipinski definition) is 2. The molecule has 0 amide bonds. The van der Waals surface area contributed by atoms with Crippen molar-refractivity contribution in [2.24, 2.45) is 0 Å². The molecule has 1 atom stereocenters. The van der Waals surface area contributed by atoms with Crippen LogP contribution < -0.4 is 5.32 Å². The number of rotatable bonds is 12. The lowest BCUT2D eigenvalue weighted by Gasteiger charge is -2.20. The molecule has 0 aliphatic carbocycles. The van der Waals surface area contributed by atoms with Gasteiger partial charge in [0.2, 0.25) is 0 Å². The second-order valence-electron chi connectivity index (χ2n) is 4.39. The first-order valence-corrected chi connectivity index (χ1v) is 9.38. The molecule has 2 N–H and O–H groups in total. The maximum Gasteiger partial charge on any atom is 0.169 e. The Kier molecular flexibility index (Phi) is 12.6. The van der Waals surface area contributed by atoms with E-state index in [1.165, 1.54) is 0 Å². The average Bonchev–Trinajstić information content (AvgIpc) is 2.31. The number of ether oxygens (including phenoxy) is 1. The van der Waals surface area contributed by atoms with Crippen molar-refractivity contribution in [3.8, 4) is 0 Å². The van der Waals surface area contributed by atoms with Crippen LogP contribution in [-0.4, -0.2) is 64.7 Å². The lowest BCUT2D eigenvalue weighted by molar-refractivity contribution is 0.106. The molecular weight excluding hydrogens is 232 g/mol. The summed E-state index contributed by atoms with van der Waals surface area (Å²) in [6, 6.07) is 0.970. The Bertz CT molecular complexity index is 159. The molecule has 1 unspecified atom stereocenters. The minimum Gasteiger partial charge on any atom is -0.435 e. The monoisotopic (exact) mass is 262 g/mol. The highest BCUT2D eigenvalue weighted by Gasteiger charge is 2.02. The van der Waals surface area contributed by atoms with Gasteiger partial charge < -0.3 is 19.7 Å². The molecule has 0 heterocycles. The van der Waals surface area contributed by atoms with Gasteiger partial charge in [0.15, 0.2) is 9.04 Å². The highest BCUT2D eigenvalue weighted by Crippen LogP contribution is 1.95. The molecule has 0 spiro atoms. The van der Waals surface area contributed by atoms with E-state index in [1.807, 2.05) is 6.55 Å². The SMILES string of the molecule is CCNCCN(CC)CCOCCC[SiH](C)O. The predicted molar refractivity (Wildman–Crippen MR) is 76.1 cm³/mol. The molecule has 5 heteroatoms. The van der Waals surface area contributed by atoms with E-state index >= 15 is 0 Å². The normalized spacial score (nSPS) is 13.2. The number of hydrogen-bond acceptors (Lipinski definition) is 4. The Labute approximate surface area is 108 Å². The first-order chi connectivity index (χ1) is 8.20. The van der Waals surface area contributed by atoms with E-state index in [2.05, 4.69) is 24.1 Å².